The molecule has 1 rings (SSSR count). The monoisotopic (exact) mass is 205 g/mol. The second-order valence-electron chi connectivity index (χ2n) is 3.58. The van der Waals surface area contributed by atoms with Gasteiger partial charge in [0.15, 0.2) is 0 Å². The summed E-state index contributed by atoms with van der Waals surface area (Å²) >= 11 is 0. The third-order valence-corrected chi connectivity index (χ3v) is 2.50. The van der Waals surface area contributed by atoms with Crippen LogP contribution < -0.4 is 5.73 Å². The number of aromatic nitrogens is 2. The van der Waals surface area contributed by atoms with Crippen molar-refractivity contribution in [2.24, 2.45) is 5.73 Å². The lowest BCUT2D eigenvalue weighted by Crippen LogP contribution is -2.15. The van der Waals surface area contributed by atoms with Crippen LogP contribution in [-0.4, -0.2) is 9.78 Å². The van der Waals surface area contributed by atoms with Crippen LogP contribution in [0.4, 0.5) is 0 Å². The van der Waals surface area contributed by atoms with Gasteiger partial charge < -0.3 is 5.73 Å². The number of nitrogens with zero attached hydrogens (tertiary/aromatic N) is 2. The molecule has 1 aromatic heterocycles. The van der Waals surface area contributed by atoms with Crippen LogP contribution in [0.1, 0.15) is 44.1 Å². The van der Waals surface area contributed by atoms with Crippen LogP contribution in [-0.2, 0) is 13.0 Å². The lowest BCUT2D eigenvalue weighted by Gasteiger charge is -2.11. The van der Waals surface area contributed by atoms with E-state index in [1.165, 1.54) is 0 Å². The molecule has 0 saturated carbocycles. The number of rotatable bonds is 5. The molecule has 82 valence electrons. The zero-order valence-electron chi connectivity index (χ0n) is 9.53. The summed E-state index contributed by atoms with van der Waals surface area (Å²) < 4.78 is 1.97. The van der Waals surface area contributed by atoms with Gasteiger partial charge in [0.25, 0.3) is 0 Å². The second-order valence-corrected chi connectivity index (χ2v) is 3.58. The zero-order chi connectivity index (χ0) is 11.3. The maximum atomic E-state index is 6.07. The first-order valence-electron chi connectivity index (χ1n) is 5.48. The fourth-order valence-corrected chi connectivity index (χ4v) is 1.60. The average Bonchev–Trinajstić information content (AvgIpc) is 2.69. The minimum absolute atomic E-state index is 0.00815. The van der Waals surface area contributed by atoms with Crippen molar-refractivity contribution in [3.05, 3.63) is 17.5 Å². The van der Waals surface area contributed by atoms with Crippen molar-refractivity contribution in [2.75, 3.05) is 0 Å². The highest BCUT2D eigenvalue weighted by Crippen LogP contribution is 2.17. The summed E-state index contributed by atoms with van der Waals surface area (Å²) in [7, 11) is 0. The number of hydrogen-bond acceptors (Lipinski definition) is 2. The maximum absolute atomic E-state index is 6.07. The molecule has 1 unspecified atom stereocenters. The van der Waals surface area contributed by atoms with Crippen LogP contribution in [0, 0.1) is 12.3 Å². The van der Waals surface area contributed by atoms with E-state index in [4.69, 9.17) is 12.2 Å². The molecular weight excluding hydrogens is 186 g/mol. The van der Waals surface area contributed by atoms with Gasteiger partial charge in [-0.15, -0.1) is 12.3 Å². The van der Waals surface area contributed by atoms with E-state index in [2.05, 4.69) is 30.9 Å². The van der Waals surface area contributed by atoms with Gasteiger partial charge in [-0.1, -0.05) is 6.92 Å². The van der Waals surface area contributed by atoms with E-state index in [9.17, 15) is 0 Å². The maximum Gasteiger partial charge on any atom is 0.0625 e. The highest BCUT2D eigenvalue weighted by Gasteiger charge is 2.12. The lowest BCUT2D eigenvalue weighted by molar-refractivity contribution is 0.549. The largest absolute Gasteiger partial charge is 0.323 e. The van der Waals surface area contributed by atoms with Crippen LogP contribution in [0.5, 0.6) is 0 Å². The topological polar surface area (TPSA) is 43.8 Å². The molecule has 3 heteroatoms. The molecule has 2 N–H and O–H groups in total. The lowest BCUT2D eigenvalue weighted by atomic mass is 10.1. The van der Waals surface area contributed by atoms with Crippen molar-refractivity contribution in [1.29, 1.82) is 0 Å². The van der Waals surface area contributed by atoms with Crippen molar-refractivity contribution in [3.63, 3.8) is 0 Å². The van der Waals surface area contributed by atoms with Crippen LogP contribution in [0.3, 0.4) is 0 Å². The van der Waals surface area contributed by atoms with E-state index in [-0.39, 0.29) is 6.04 Å². The van der Waals surface area contributed by atoms with Gasteiger partial charge in [0.05, 0.1) is 11.4 Å². The predicted octanol–water partition coefficient (Wildman–Crippen LogP) is 1.88. The van der Waals surface area contributed by atoms with Gasteiger partial charge in [-0.05, 0) is 25.8 Å². The molecule has 15 heavy (non-hydrogen) atoms. The molecule has 0 radical (unpaired) electrons. The fraction of sp³-hybridized carbons (Fsp3) is 0.583. The third-order valence-electron chi connectivity index (χ3n) is 2.50. The van der Waals surface area contributed by atoms with E-state index in [0.717, 1.165) is 37.2 Å². The number of hydrogen-bond donors (Lipinski definition) is 1. The number of terminal acetylenes is 1. The molecule has 0 amide bonds. The van der Waals surface area contributed by atoms with Gasteiger partial charge in [-0.25, -0.2) is 0 Å². The highest BCUT2D eigenvalue weighted by molar-refractivity contribution is 5.14. The summed E-state index contributed by atoms with van der Waals surface area (Å²) in [6, 6.07) is 2.10. The van der Waals surface area contributed by atoms with Gasteiger partial charge in [0, 0.05) is 19.0 Å². The molecule has 0 aliphatic rings. The summed E-state index contributed by atoms with van der Waals surface area (Å²) in [5, 5.41) is 4.46. The number of nitrogens with two attached hydrogens (primary N) is 1. The average molecular weight is 205 g/mol. The Morgan fingerprint density at radius 1 is 1.60 bits per heavy atom. The number of aryl methyl sites for hydroxylation is 2. The zero-order valence-corrected chi connectivity index (χ0v) is 9.53. The Morgan fingerprint density at radius 2 is 2.33 bits per heavy atom. The van der Waals surface area contributed by atoms with Crippen LogP contribution >= 0.6 is 0 Å². The summed E-state index contributed by atoms with van der Waals surface area (Å²) in [6.45, 7) is 5.03. The molecule has 0 bridgehead atoms. The van der Waals surface area contributed by atoms with Gasteiger partial charge in [0.2, 0.25) is 0 Å². The molecule has 0 spiro atoms. The third kappa shape index (κ3) is 2.84. The van der Waals surface area contributed by atoms with Gasteiger partial charge in [-0.3, -0.25) is 4.68 Å². The first kappa shape index (κ1) is 11.8. The van der Waals surface area contributed by atoms with Gasteiger partial charge in [-0.2, -0.15) is 5.10 Å². The SMILES string of the molecule is C#CCCC(N)c1cc(CC)nn1CC. The molecule has 0 saturated heterocycles. The van der Waals surface area contributed by atoms with Crippen molar-refractivity contribution >= 4 is 0 Å². The van der Waals surface area contributed by atoms with E-state index in [1.807, 2.05) is 4.68 Å². The Morgan fingerprint density at radius 3 is 2.87 bits per heavy atom. The minimum Gasteiger partial charge on any atom is -0.323 e. The minimum atomic E-state index is 0.00815. The van der Waals surface area contributed by atoms with E-state index in [0.29, 0.717) is 0 Å². The van der Waals surface area contributed by atoms with E-state index in [1.54, 1.807) is 0 Å². The van der Waals surface area contributed by atoms with E-state index >= 15 is 0 Å². The first-order valence-corrected chi connectivity index (χ1v) is 5.48. The van der Waals surface area contributed by atoms with Crippen LogP contribution in [0.25, 0.3) is 0 Å². The second kappa shape index (κ2) is 5.57. The van der Waals surface area contributed by atoms with E-state index < -0.39 is 0 Å². The highest BCUT2D eigenvalue weighted by atomic mass is 15.3. The quantitative estimate of drug-likeness (QED) is 0.746. The smallest absolute Gasteiger partial charge is 0.0625 e. The molecule has 0 aromatic carbocycles. The van der Waals surface area contributed by atoms with Crippen molar-refractivity contribution < 1.29 is 0 Å². The molecular formula is C12H19N3. The normalized spacial score (nSPS) is 12.4. The Hall–Kier alpha value is -1.27. The Balaban J connectivity index is 2.82. The molecule has 0 aliphatic carbocycles. The first-order chi connectivity index (χ1) is 7.22. The van der Waals surface area contributed by atoms with Gasteiger partial charge in [0.1, 0.15) is 0 Å². The van der Waals surface area contributed by atoms with Crippen molar-refractivity contribution in [2.45, 2.75) is 45.7 Å². The summed E-state index contributed by atoms with van der Waals surface area (Å²) in [6.07, 6.45) is 7.72. The van der Waals surface area contributed by atoms with Crippen LogP contribution in [0.2, 0.25) is 0 Å². The summed E-state index contributed by atoms with van der Waals surface area (Å²) in [4.78, 5) is 0. The summed E-state index contributed by atoms with van der Waals surface area (Å²) in [5.41, 5.74) is 8.27. The molecule has 1 atom stereocenters. The Bertz CT molecular complexity index is 346. The Kier molecular flexibility index (Phi) is 4.38. The molecule has 3 nitrogen and oxygen atoms in total. The van der Waals surface area contributed by atoms with Gasteiger partial charge >= 0.3 is 0 Å². The predicted molar refractivity (Wildman–Crippen MR) is 62.3 cm³/mol. The molecule has 0 aliphatic heterocycles. The standard InChI is InChI=1S/C12H19N3/c1-4-7-8-11(13)12-9-10(5-2)14-15(12)6-3/h1,9,11H,5-8,13H2,2-3H3. The van der Waals surface area contributed by atoms with Crippen molar-refractivity contribution in [3.8, 4) is 12.3 Å². The fourth-order valence-electron chi connectivity index (χ4n) is 1.60. The molecule has 1 heterocycles. The molecule has 0 fully saturated rings. The summed E-state index contributed by atoms with van der Waals surface area (Å²) in [5.74, 6) is 2.62. The molecule has 1 aromatic rings. The van der Waals surface area contributed by atoms with Crippen molar-refractivity contribution in [1.82, 2.24) is 9.78 Å². The Labute approximate surface area is 91.7 Å². The van der Waals surface area contributed by atoms with Crippen LogP contribution in [0.15, 0.2) is 6.07 Å².